The molecule has 3 rings (SSSR count). The number of nitrogens with two attached hydrogens (primary N) is 1. The summed E-state index contributed by atoms with van der Waals surface area (Å²) in [6.07, 6.45) is 6.92. The zero-order valence-corrected chi connectivity index (χ0v) is 13.2. The number of pyridine rings is 1. The molecule has 0 atom stereocenters. The van der Waals surface area contributed by atoms with Crippen molar-refractivity contribution in [1.82, 2.24) is 15.0 Å². The summed E-state index contributed by atoms with van der Waals surface area (Å²) in [5.74, 6) is -1.34. The predicted octanol–water partition coefficient (Wildman–Crippen LogP) is 1.81. The SMILES string of the molecule is NC(=O)c1nccnc1C(=O)Nc1ccc(Cc2ccncc2)cc1. The van der Waals surface area contributed by atoms with Gasteiger partial charge in [-0.05, 0) is 41.8 Å². The molecule has 2 heterocycles. The Hall–Kier alpha value is -3.61. The molecular formula is C18H15N5O2. The third-order valence-electron chi connectivity index (χ3n) is 3.52. The van der Waals surface area contributed by atoms with Crippen LogP contribution in [0.2, 0.25) is 0 Å². The van der Waals surface area contributed by atoms with Gasteiger partial charge in [0.05, 0.1) is 0 Å². The highest BCUT2D eigenvalue weighted by molar-refractivity contribution is 6.09. The van der Waals surface area contributed by atoms with E-state index in [1.54, 1.807) is 24.5 Å². The van der Waals surface area contributed by atoms with Gasteiger partial charge in [-0.15, -0.1) is 0 Å². The lowest BCUT2D eigenvalue weighted by Gasteiger charge is -2.08. The van der Waals surface area contributed by atoms with E-state index in [2.05, 4.69) is 20.3 Å². The van der Waals surface area contributed by atoms with E-state index in [9.17, 15) is 9.59 Å². The largest absolute Gasteiger partial charge is 0.364 e. The Morgan fingerprint density at radius 3 is 2.08 bits per heavy atom. The van der Waals surface area contributed by atoms with Crippen LogP contribution >= 0.6 is 0 Å². The number of rotatable bonds is 5. The number of hydrogen-bond acceptors (Lipinski definition) is 5. The smallest absolute Gasteiger partial charge is 0.276 e. The van der Waals surface area contributed by atoms with Crippen molar-refractivity contribution in [2.45, 2.75) is 6.42 Å². The van der Waals surface area contributed by atoms with Crippen molar-refractivity contribution in [3.63, 3.8) is 0 Å². The maximum absolute atomic E-state index is 12.3. The third-order valence-corrected chi connectivity index (χ3v) is 3.52. The first-order chi connectivity index (χ1) is 12.1. The lowest BCUT2D eigenvalue weighted by Crippen LogP contribution is -2.23. The van der Waals surface area contributed by atoms with Crippen molar-refractivity contribution >= 4 is 17.5 Å². The average Bonchev–Trinajstić information content (AvgIpc) is 2.64. The first-order valence-corrected chi connectivity index (χ1v) is 7.53. The summed E-state index contributed by atoms with van der Waals surface area (Å²) in [5, 5.41) is 2.69. The van der Waals surface area contributed by atoms with Crippen LogP contribution in [0.3, 0.4) is 0 Å². The molecule has 1 aromatic carbocycles. The number of benzene rings is 1. The molecule has 0 aliphatic carbocycles. The molecule has 124 valence electrons. The zero-order valence-electron chi connectivity index (χ0n) is 13.2. The van der Waals surface area contributed by atoms with Gasteiger partial charge < -0.3 is 11.1 Å². The maximum atomic E-state index is 12.3. The van der Waals surface area contributed by atoms with Gasteiger partial charge in [0.1, 0.15) is 0 Å². The number of carbonyl (C=O) groups is 2. The summed E-state index contributed by atoms with van der Waals surface area (Å²) in [6.45, 7) is 0. The van der Waals surface area contributed by atoms with Gasteiger partial charge in [0, 0.05) is 30.5 Å². The molecular weight excluding hydrogens is 318 g/mol. The number of amides is 2. The van der Waals surface area contributed by atoms with E-state index in [0.717, 1.165) is 17.5 Å². The summed E-state index contributed by atoms with van der Waals surface area (Å²) in [7, 11) is 0. The monoisotopic (exact) mass is 333 g/mol. The number of aromatic nitrogens is 3. The normalized spacial score (nSPS) is 10.2. The molecule has 0 saturated carbocycles. The van der Waals surface area contributed by atoms with E-state index in [1.165, 1.54) is 12.4 Å². The molecule has 0 saturated heterocycles. The average molecular weight is 333 g/mol. The quantitative estimate of drug-likeness (QED) is 0.740. The second kappa shape index (κ2) is 7.31. The van der Waals surface area contributed by atoms with E-state index in [1.807, 2.05) is 24.3 Å². The zero-order chi connectivity index (χ0) is 17.6. The molecule has 3 N–H and O–H groups in total. The molecule has 0 radical (unpaired) electrons. The van der Waals surface area contributed by atoms with Gasteiger partial charge in [0.2, 0.25) is 0 Å². The third kappa shape index (κ3) is 4.03. The van der Waals surface area contributed by atoms with Crippen LogP contribution in [0.25, 0.3) is 0 Å². The second-order valence-electron chi connectivity index (χ2n) is 5.30. The summed E-state index contributed by atoms with van der Waals surface area (Å²) in [5.41, 5.74) is 7.79. The van der Waals surface area contributed by atoms with Crippen LogP contribution in [-0.2, 0) is 6.42 Å². The molecule has 0 fully saturated rings. The lowest BCUT2D eigenvalue weighted by atomic mass is 10.1. The molecule has 2 aromatic heterocycles. The minimum Gasteiger partial charge on any atom is -0.364 e. The van der Waals surface area contributed by atoms with Crippen LogP contribution in [0.5, 0.6) is 0 Å². The topological polar surface area (TPSA) is 111 Å². The van der Waals surface area contributed by atoms with Gasteiger partial charge >= 0.3 is 0 Å². The first kappa shape index (κ1) is 16.3. The molecule has 0 unspecified atom stereocenters. The van der Waals surface area contributed by atoms with E-state index in [0.29, 0.717) is 5.69 Å². The van der Waals surface area contributed by atoms with Crippen molar-refractivity contribution in [3.05, 3.63) is 83.7 Å². The van der Waals surface area contributed by atoms with Gasteiger partial charge in [-0.1, -0.05) is 12.1 Å². The van der Waals surface area contributed by atoms with Crippen LogP contribution < -0.4 is 11.1 Å². The fourth-order valence-corrected chi connectivity index (χ4v) is 2.32. The summed E-state index contributed by atoms with van der Waals surface area (Å²) in [6, 6.07) is 11.3. The minimum absolute atomic E-state index is 0.101. The number of anilines is 1. The number of nitrogens with one attached hydrogen (secondary N) is 1. The van der Waals surface area contributed by atoms with Crippen LogP contribution in [0, 0.1) is 0 Å². The highest BCUT2D eigenvalue weighted by atomic mass is 16.2. The maximum Gasteiger partial charge on any atom is 0.276 e. The fourth-order valence-electron chi connectivity index (χ4n) is 2.32. The Labute approximate surface area is 144 Å². The molecule has 25 heavy (non-hydrogen) atoms. The van der Waals surface area contributed by atoms with Crippen molar-refractivity contribution in [3.8, 4) is 0 Å². The Morgan fingerprint density at radius 2 is 1.44 bits per heavy atom. The molecule has 7 heteroatoms. The summed E-state index contributed by atoms with van der Waals surface area (Å²) >= 11 is 0. The number of primary amides is 1. The van der Waals surface area contributed by atoms with Gasteiger partial charge in [-0.2, -0.15) is 0 Å². The van der Waals surface area contributed by atoms with Gasteiger partial charge in [0.15, 0.2) is 11.4 Å². The summed E-state index contributed by atoms with van der Waals surface area (Å²) < 4.78 is 0. The number of nitrogens with zero attached hydrogens (tertiary/aromatic N) is 3. The number of hydrogen-bond donors (Lipinski definition) is 2. The molecule has 0 spiro atoms. The van der Waals surface area contributed by atoms with Crippen LogP contribution in [0.1, 0.15) is 32.1 Å². The fraction of sp³-hybridized carbons (Fsp3) is 0.0556. The van der Waals surface area contributed by atoms with Crippen molar-refractivity contribution in [1.29, 1.82) is 0 Å². The van der Waals surface area contributed by atoms with E-state index >= 15 is 0 Å². The Balaban J connectivity index is 1.71. The first-order valence-electron chi connectivity index (χ1n) is 7.53. The number of carbonyl (C=O) groups excluding carboxylic acids is 2. The molecule has 0 aliphatic rings. The highest BCUT2D eigenvalue weighted by Gasteiger charge is 2.18. The standard InChI is InChI=1S/C18H15N5O2/c19-17(24)15-16(22-10-9-21-15)18(25)23-14-3-1-12(2-4-14)11-13-5-7-20-8-6-13/h1-10H,11H2,(H2,19,24)(H,23,25). The van der Waals surface area contributed by atoms with Crippen molar-refractivity contribution in [2.24, 2.45) is 5.73 Å². The van der Waals surface area contributed by atoms with E-state index in [-0.39, 0.29) is 11.4 Å². The van der Waals surface area contributed by atoms with E-state index in [4.69, 9.17) is 5.73 Å². The predicted molar refractivity (Wildman–Crippen MR) is 92.0 cm³/mol. The molecule has 7 nitrogen and oxygen atoms in total. The summed E-state index contributed by atoms with van der Waals surface area (Å²) in [4.78, 5) is 35.3. The van der Waals surface area contributed by atoms with Crippen LogP contribution in [0.15, 0.2) is 61.2 Å². The van der Waals surface area contributed by atoms with Crippen LogP contribution in [0.4, 0.5) is 5.69 Å². The van der Waals surface area contributed by atoms with Gasteiger partial charge in [0.25, 0.3) is 11.8 Å². The molecule has 0 bridgehead atoms. The van der Waals surface area contributed by atoms with Gasteiger partial charge in [-0.25, -0.2) is 9.97 Å². The molecule has 0 aliphatic heterocycles. The van der Waals surface area contributed by atoms with Crippen molar-refractivity contribution in [2.75, 3.05) is 5.32 Å². The Bertz CT molecular complexity index is 895. The Morgan fingerprint density at radius 1 is 0.840 bits per heavy atom. The highest BCUT2D eigenvalue weighted by Crippen LogP contribution is 2.14. The molecule has 3 aromatic rings. The lowest BCUT2D eigenvalue weighted by molar-refractivity contribution is 0.0969. The second-order valence-corrected chi connectivity index (χ2v) is 5.30. The minimum atomic E-state index is -0.800. The van der Waals surface area contributed by atoms with Crippen molar-refractivity contribution < 1.29 is 9.59 Å². The van der Waals surface area contributed by atoms with E-state index < -0.39 is 11.8 Å². The molecule has 2 amide bonds. The van der Waals surface area contributed by atoms with Crippen LogP contribution in [-0.4, -0.2) is 26.8 Å². The van der Waals surface area contributed by atoms with Gasteiger partial charge in [-0.3, -0.25) is 14.6 Å². The Kier molecular flexibility index (Phi) is 4.75.